The minimum atomic E-state index is -0.153. The van der Waals surface area contributed by atoms with Gasteiger partial charge in [-0.3, -0.25) is 14.1 Å². The van der Waals surface area contributed by atoms with Gasteiger partial charge >= 0.3 is 0 Å². The zero-order chi connectivity index (χ0) is 17.6. The predicted molar refractivity (Wildman–Crippen MR) is 99.5 cm³/mol. The second-order valence-electron chi connectivity index (χ2n) is 5.07. The smallest absolute Gasteiger partial charge is 0.227 e. The Kier molecular flexibility index (Phi) is 5.72. The number of nitrogens with zero attached hydrogens (tertiary/aromatic N) is 3. The van der Waals surface area contributed by atoms with Gasteiger partial charge in [-0.2, -0.15) is 0 Å². The molecule has 1 aromatic heterocycles. The Morgan fingerprint density at radius 1 is 1.16 bits per heavy atom. The van der Waals surface area contributed by atoms with E-state index in [1.54, 1.807) is 0 Å². The van der Waals surface area contributed by atoms with E-state index in [0.717, 1.165) is 27.9 Å². The van der Waals surface area contributed by atoms with Gasteiger partial charge in [0.2, 0.25) is 11.1 Å². The molecule has 25 heavy (non-hydrogen) atoms. The fourth-order valence-corrected chi connectivity index (χ4v) is 2.98. The first-order valence-electron chi connectivity index (χ1n) is 7.45. The van der Waals surface area contributed by atoms with Crippen molar-refractivity contribution in [1.82, 2.24) is 19.5 Å². The number of carbonyl (C=O) groups is 1. The number of ether oxygens (including phenoxy) is 1. The van der Waals surface area contributed by atoms with Crippen molar-refractivity contribution in [2.24, 2.45) is 0 Å². The first-order chi connectivity index (χ1) is 12.1. The van der Waals surface area contributed by atoms with Gasteiger partial charge in [-0.25, -0.2) is 0 Å². The van der Waals surface area contributed by atoms with Crippen LogP contribution in [0.3, 0.4) is 0 Å². The molecule has 6 nitrogen and oxygen atoms in total. The lowest BCUT2D eigenvalue weighted by molar-refractivity contribution is -0.117. The molecule has 0 fully saturated rings. The number of carbonyl (C=O) groups excluding carboxylic acids is 1. The van der Waals surface area contributed by atoms with Gasteiger partial charge in [0.25, 0.3) is 0 Å². The van der Waals surface area contributed by atoms with Crippen molar-refractivity contribution in [1.29, 1.82) is 0 Å². The summed E-state index contributed by atoms with van der Waals surface area (Å²) in [5.74, 6) is 1.23. The topological polar surface area (TPSA) is 69.0 Å². The molecule has 3 aromatic rings. The number of aromatic nitrogens is 3. The maximum atomic E-state index is 11.2. The molecule has 0 aliphatic carbocycles. The molecule has 0 aliphatic heterocycles. The number of amides is 1. The van der Waals surface area contributed by atoms with E-state index in [2.05, 4.69) is 30.8 Å². The molecular weight excluding hydrogens is 404 g/mol. The van der Waals surface area contributed by atoms with Gasteiger partial charge in [0.05, 0.1) is 0 Å². The van der Waals surface area contributed by atoms with Crippen LogP contribution in [0.2, 0.25) is 0 Å². The summed E-state index contributed by atoms with van der Waals surface area (Å²) in [5.41, 5.74) is 0.898. The lowest BCUT2D eigenvalue weighted by Gasteiger charge is -2.11. The molecule has 1 N–H and O–H groups in total. The van der Waals surface area contributed by atoms with Crippen LogP contribution >= 0.6 is 27.9 Å². The van der Waals surface area contributed by atoms with Crippen molar-refractivity contribution in [3.63, 3.8) is 0 Å². The summed E-state index contributed by atoms with van der Waals surface area (Å²) in [4.78, 5) is 11.2. The number of halogens is 1. The third kappa shape index (κ3) is 4.61. The molecule has 128 valence electrons. The van der Waals surface area contributed by atoms with Crippen LogP contribution < -0.4 is 9.46 Å². The molecule has 1 heterocycles. The Morgan fingerprint density at radius 3 is 2.56 bits per heavy atom. The van der Waals surface area contributed by atoms with E-state index in [-0.39, 0.29) is 12.5 Å². The molecule has 0 unspecified atom stereocenters. The third-order valence-electron chi connectivity index (χ3n) is 3.18. The molecule has 8 heteroatoms. The lowest BCUT2D eigenvalue weighted by atomic mass is 10.3. The molecule has 3 rings (SSSR count). The summed E-state index contributed by atoms with van der Waals surface area (Å²) in [5, 5.41) is 8.94. The first-order valence-corrected chi connectivity index (χ1v) is 9.06. The fraction of sp³-hybridized carbons (Fsp3) is 0.118. The fourth-order valence-electron chi connectivity index (χ4n) is 2.09. The van der Waals surface area contributed by atoms with Crippen molar-refractivity contribution >= 4 is 33.8 Å². The lowest BCUT2D eigenvalue weighted by Crippen LogP contribution is -2.13. The Bertz CT molecular complexity index is 853. The van der Waals surface area contributed by atoms with Gasteiger partial charge in [0, 0.05) is 29.0 Å². The van der Waals surface area contributed by atoms with E-state index in [4.69, 9.17) is 4.74 Å². The van der Waals surface area contributed by atoms with E-state index in [1.807, 2.05) is 59.2 Å². The Morgan fingerprint density at radius 2 is 1.88 bits per heavy atom. The van der Waals surface area contributed by atoms with E-state index < -0.39 is 0 Å². The SMILES string of the molecule is CC(=O)NSc1nnc(COc2ccc(Br)cc2)n1-c1ccccc1. The van der Waals surface area contributed by atoms with E-state index >= 15 is 0 Å². The van der Waals surface area contributed by atoms with Crippen LogP contribution in [0.4, 0.5) is 0 Å². The second kappa shape index (κ2) is 8.17. The minimum Gasteiger partial charge on any atom is -0.486 e. The van der Waals surface area contributed by atoms with Gasteiger partial charge in [0.15, 0.2) is 5.82 Å². The molecule has 0 saturated carbocycles. The molecular formula is C17H15BrN4O2S. The number of para-hydroxylation sites is 1. The number of hydrogen-bond acceptors (Lipinski definition) is 5. The van der Waals surface area contributed by atoms with Crippen LogP contribution in [-0.4, -0.2) is 20.7 Å². The van der Waals surface area contributed by atoms with Crippen molar-refractivity contribution in [2.75, 3.05) is 0 Å². The number of nitrogens with one attached hydrogen (secondary N) is 1. The first kappa shape index (κ1) is 17.5. The van der Waals surface area contributed by atoms with Crippen molar-refractivity contribution < 1.29 is 9.53 Å². The van der Waals surface area contributed by atoms with Gasteiger partial charge in [-0.1, -0.05) is 34.1 Å². The van der Waals surface area contributed by atoms with E-state index in [0.29, 0.717) is 11.0 Å². The van der Waals surface area contributed by atoms with Crippen LogP contribution in [0.1, 0.15) is 12.7 Å². The molecule has 0 radical (unpaired) electrons. The zero-order valence-electron chi connectivity index (χ0n) is 13.3. The highest BCUT2D eigenvalue weighted by molar-refractivity contribution is 9.10. The second-order valence-corrected chi connectivity index (χ2v) is 6.76. The summed E-state index contributed by atoms with van der Waals surface area (Å²) in [6.45, 7) is 1.71. The molecule has 0 bridgehead atoms. The summed E-state index contributed by atoms with van der Waals surface area (Å²) >= 11 is 4.52. The highest BCUT2D eigenvalue weighted by Gasteiger charge is 2.15. The number of hydrogen-bond donors (Lipinski definition) is 1. The van der Waals surface area contributed by atoms with Crippen molar-refractivity contribution in [2.45, 2.75) is 18.7 Å². The third-order valence-corrected chi connectivity index (χ3v) is 4.55. The molecule has 0 spiro atoms. The van der Waals surface area contributed by atoms with Crippen LogP contribution in [-0.2, 0) is 11.4 Å². The normalized spacial score (nSPS) is 10.5. The minimum absolute atomic E-state index is 0.153. The van der Waals surface area contributed by atoms with Gasteiger partial charge in [0.1, 0.15) is 12.4 Å². The average molecular weight is 419 g/mol. The Hall–Kier alpha value is -2.32. The van der Waals surface area contributed by atoms with Crippen LogP contribution in [0.25, 0.3) is 5.69 Å². The van der Waals surface area contributed by atoms with Crippen LogP contribution in [0.5, 0.6) is 5.75 Å². The van der Waals surface area contributed by atoms with Crippen molar-refractivity contribution in [3.8, 4) is 11.4 Å². The maximum absolute atomic E-state index is 11.2. The monoisotopic (exact) mass is 418 g/mol. The highest BCUT2D eigenvalue weighted by Crippen LogP contribution is 2.22. The predicted octanol–water partition coefficient (Wildman–Crippen LogP) is 3.75. The van der Waals surface area contributed by atoms with Gasteiger partial charge in [-0.15, -0.1) is 10.2 Å². The summed E-state index contributed by atoms with van der Waals surface area (Å²) in [7, 11) is 0. The van der Waals surface area contributed by atoms with Crippen LogP contribution in [0, 0.1) is 0 Å². The number of rotatable bonds is 6. The largest absolute Gasteiger partial charge is 0.486 e. The van der Waals surface area contributed by atoms with E-state index in [9.17, 15) is 4.79 Å². The van der Waals surface area contributed by atoms with Crippen molar-refractivity contribution in [3.05, 3.63) is 64.9 Å². The molecule has 0 atom stereocenters. The molecule has 2 aromatic carbocycles. The summed E-state index contributed by atoms with van der Waals surface area (Å²) in [6.07, 6.45) is 0. The maximum Gasteiger partial charge on any atom is 0.227 e. The molecule has 0 aliphatic rings. The molecule has 0 saturated heterocycles. The highest BCUT2D eigenvalue weighted by atomic mass is 79.9. The van der Waals surface area contributed by atoms with E-state index in [1.165, 1.54) is 6.92 Å². The summed E-state index contributed by atoms with van der Waals surface area (Å²) in [6, 6.07) is 17.3. The van der Waals surface area contributed by atoms with Gasteiger partial charge in [-0.05, 0) is 36.4 Å². The Balaban J connectivity index is 1.85. The zero-order valence-corrected chi connectivity index (χ0v) is 15.8. The Labute approximate surface area is 157 Å². The average Bonchev–Trinajstić information content (AvgIpc) is 3.03. The number of benzene rings is 2. The van der Waals surface area contributed by atoms with Crippen LogP contribution in [0.15, 0.2) is 64.2 Å². The quantitative estimate of drug-likeness (QED) is 0.617. The standard InChI is InChI=1S/C17H15BrN4O2S/c1-12(23)21-25-17-20-19-16(22(17)14-5-3-2-4-6-14)11-24-15-9-7-13(18)8-10-15/h2-10H,11H2,1H3,(H,21,23). The summed E-state index contributed by atoms with van der Waals surface area (Å²) < 4.78 is 11.3. The van der Waals surface area contributed by atoms with Gasteiger partial charge < -0.3 is 4.74 Å². The molecule has 1 amide bonds.